The Kier molecular flexibility index (Phi) is 4.21. The van der Waals surface area contributed by atoms with Crippen LogP contribution in [-0.4, -0.2) is 51.2 Å². The van der Waals surface area contributed by atoms with E-state index in [2.05, 4.69) is 15.2 Å². The van der Waals surface area contributed by atoms with Gasteiger partial charge in [-0.15, -0.1) is 0 Å². The molecule has 1 aromatic rings. The third-order valence-electron chi connectivity index (χ3n) is 3.69. The van der Waals surface area contributed by atoms with Gasteiger partial charge in [-0.05, 0) is 19.4 Å². The van der Waals surface area contributed by atoms with Gasteiger partial charge in [-0.25, -0.2) is 4.98 Å². The lowest BCUT2D eigenvalue weighted by atomic mass is 9.89. The van der Waals surface area contributed by atoms with Crippen molar-refractivity contribution in [2.75, 3.05) is 20.1 Å². The Morgan fingerprint density at radius 3 is 3.05 bits per heavy atom. The number of likely N-dealkylation sites (tertiary alicyclic amines) is 1. The SMILES string of the molecule is CNC(=O)CC1(O)CCCN(Cc2nccn2C)C1. The van der Waals surface area contributed by atoms with Crippen LogP contribution >= 0.6 is 0 Å². The minimum atomic E-state index is -0.913. The molecular weight excluding hydrogens is 244 g/mol. The molecule has 0 radical (unpaired) electrons. The molecule has 1 saturated heterocycles. The molecule has 6 nitrogen and oxygen atoms in total. The second kappa shape index (κ2) is 5.71. The Balaban J connectivity index is 1.97. The first-order valence-corrected chi connectivity index (χ1v) is 6.64. The number of β-amino-alcohol motifs (C(OH)–C–C–N with tert-alkyl or cyclic N) is 1. The number of nitrogens with zero attached hydrogens (tertiary/aromatic N) is 3. The van der Waals surface area contributed by atoms with Gasteiger partial charge in [-0.1, -0.05) is 0 Å². The van der Waals surface area contributed by atoms with Crippen molar-refractivity contribution in [3.63, 3.8) is 0 Å². The summed E-state index contributed by atoms with van der Waals surface area (Å²) in [6.07, 6.45) is 5.43. The number of nitrogens with one attached hydrogen (secondary N) is 1. The molecular formula is C13H22N4O2. The Morgan fingerprint density at radius 2 is 2.42 bits per heavy atom. The molecule has 1 aliphatic rings. The van der Waals surface area contributed by atoms with Gasteiger partial charge in [0.15, 0.2) is 0 Å². The van der Waals surface area contributed by atoms with E-state index < -0.39 is 5.60 Å². The summed E-state index contributed by atoms with van der Waals surface area (Å²) in [5.74, 6) is 0.866. The normalized spacial score (nSPS) is 24.4. The van der Waals surface area contributed by atoms with E-state index in [-0.39, 0.29) is 12.3 Å². The van der Waals surface area contributed by atoms with Crippen molar-refractivity contribution in [2.24, 2.45) is 7.05 Å². The topological polar surface area (TPSA) is 70.4 Å². The summed E-state index contributed by atoms with van der Waals surface area (Å²) in [5.41, 5.74) is -0.913. The van der Waals surface area contributed by atoms with Gasteiger partial charge in [0.05, 0.1) is 18.6 Å². The lowest BCUT2D eigenvalue weighted by molar-refractivity contribution is -0.128. The maximum Gasteiger partial charge on any atom is 0.222 e. The summed E-state index contributed by atoms with van der Waals surface area (Å²) in [5, 5.41) is 13.1. The Bertz CT molecular complexity index is 446. The molecule has 106 valence electrons. The number of rotatable bonds is 4. The Morgan fingerprint density at radius 1 is 1.63 bits per heavy atom. The van der Waals surface area contributed by atoms with Crippen LogP contribution in [0, 0.1) is 0 Å². The number of aliphatic hydroxyl groups is 1. The second-order valence-electron chi connectivity index (χ2n) is 5.34. The summed E-state index contributed by atoms with van der Waals surface area (Å²) >= 11 is 0. The van der Waals surface area contributed by atoms with Crippen LogP contribution in [0.25, 0.3) is 0 Å². The molecule has 1 fully saturated rings. The lowest BCUT2D eigenvalue weighted by Gasteiger charge is -2.38. The van der Waals surface area contributed by atoms with E-state index in [1.54, 1.807) is 13.2 Å². The van der Waals surface area contributed by atoms with Crippen molar-refractivity contribution in [3.05, 3.63) is 18.2 Å². The van der Waals surface area contributed by atoms with Crippen LogP contribution in [0.5, 0.6) is 0 Å². The van der Waals surface area contributed by atoms with E-state index in [4.69, 9.17) is 0 Å². The summed E-state index contributed by atoms with van der Waals surface area (Å²) in [7, 11) is 3.56. The van der Waals surface area contributed by atoms with Crippen LogP contribution < -0.4 is 5.32 Å². The van der Waals surface area contributed by atoms with Crippen molar-refractivity contribution in [1.29, 1.82) is 0 Å². The first-order chi connectivity index (χ1) is 9.02. The Hall–Kier alpha value is -1.40. The number of aromatic nitrogens is 2. The smallest absolute Gasteiger partial charge is 0.222 e. The van der Waals surface area contributed by atoms with Crippen LogP contribution in [0.15, 0.2) is 12.4 Å². The molecule has 1 amide bonds. The van der Waals surface area contributed by atoms with Gasteiger partial charge in [-0.3, -0.25) is 9.69 Å². The van der Waals surface area contributed by atoms with Crippen LogP contribution in [-0.2, 0) is 18.4 Å². The minimum absolute atomic E-state index is 0.110. The standard InChI is InChI=1S/C13H22N4O2/c1-14-12(18)8-13(19)4-3-6-17(10-13)9-11-15-5-7-16(11)2/h5,7,19H,3-4,6,8-10H2,1-2H3,(H,14,18). The van der Waals surface area contributed by atoms with E-state index in [1.807, 2.05) is 17.8 Å². The summed E-state index contributed by atoms with van der Waals surface area (Å²) in [6, 6.07) is 0. The minimum Gasteiger partial charge on any atom is -0.388 e. The monoisotopic (exact) mass is 266 g/mol. The molecule has 2 N–H and O–H groups in total. The Labute approximate surface area is 113 Å². The largest absolute Gasteiger partial charge is 0.388 e. The average Bonchev–Trinajstić information content (AvgIpc) is 2.74. The highest BCUT2D eigenvalue weighted by atomic mass is 16.3. The van der Waals surface area contributed by atoms with Gasteiger partial charge >= 0.3 is 0 Å². The van der Waals surface area contributed by atoms with Crippen molar-refractivity contribution in [1.82, 2.24) is 19.8 Å². The van der Waals surface area contributed by atoms with E-state index >= 15 is 0 Å². The van der Waals surface area contributed by atoms with Crippen molar-refractivity contribution < 1.29 is 9.90 Å². The number of hydrogen-bond donors (Lipinski definition) is 2. The van der Waals surface area contributed by atoms with E-state index in [0.29, 0.717) is 19.5 Å². The third kappa shape index (κ3) is 3.54. The first kappa shape index (κ1) is 14.0. The quantitative estimate of drug-likeness (QED) is 0.797. The number of aryl methyl sites for hydroxylation is 1. The zero-order valence-electron chi connectivity index (χ0n) is 11.6. The lowest BCUT2D eigenvalue weighted by Crippen LogP contribution is -2.50. The van der Waals surface area contributed by atoms with Gasteiger partial charge in [0, 0.05) is 33.0 Å². The third-order valence-corrected chi connectivity index (χ3v) is 3.69. The fourth-order valence-electron chi connectivity index (χ4n) is 2.62. The van der Waals surface area contributed by atoms with Gasteiger partial charge < -0.3 is 15.0 Å². The summed E-state index contributed by atoms with van der Waals surface area (Å²) in [6.45, 7) is 2.16. The maximum atomic E-state index is 11.5. The highest BCUT2D eigenvalue weighted by molar-refractivity contribution is 5.76. The predicted octanol–water partition coefficient (Wildman–Crippen LogP) is -0.117. The molecule has 0 bridgehead atoms. The molecule has 0 aliphatic carbocycles. The number of hydrogen-bond acceptors (Lipinski definition) is 4. The molecule has 0 aromatic carbocycles. The average molecular weight is 266 g/mol. The molecule has 1 aromatic heterocycles. The highest BCUT2D eigenvalue weighted by Crippen LogP contribution is 2.25. The fourth-order valence-corrected chi connectivity index (χ4v) is 2.62. The molecule has 2 heterocycles. The van der Waals surface area contributed by atoms with Crippen molar-refractivity contribution >= 4 is 5.91 Å². The number of amides is 1. The molecule has 1 aliphatic heterocycles. The summed E-state index contributed by atoms with van der Waals surface area (Å²) in [4.78, 5) is 17.9. The molecule has 19 heavy (non-hydrogen) atoms. The highest BCUT2D eigenvalue weighted by Gasteiger charge is 2.35. The van der Waals surface area contributed by atoms with Crippen LogP contribution in [0.4, 0.5) is 0 Å². The summed E-state index contributed by atoms with van der Waals surface area (Å²) < 4.78 is 1.98. The van der Waals surface area contributed by atoms with Gasteiger partial charge in [-0.2, -0.15) is 0 Å². The van der Waals surface area contributed by atoms with Crippen molar-refractivity contribution in [3.8, 4) is 0 Å². The fraction of sp³-hybridized carbons (Fsp3) is 0.692. The van der Waals surface area contributed by atoms with Crippen molar-refractivity contribution in [2.45, 2.75) is 31.4 Å². The van der Waals surface area contributed by atoms with E-state index in [1.165, 1.54) is 0 Å². The van der Waals surface area contributed by atoms with E-state index in [0.717, 1.165) is 18.8 Å². The maximum absolute atomic E-state index is 11.5. The number of imidazole rings is 1. The molecule has 2 rings (SSSR count). The van der Waals surface area contributed by atoms with Crippen LogP contribution in [0.3, 0.4) is 0 Å². The first-order valence-electron chi connectivity index (χ1n) is 6.64. The van der Waals surface area contributed by atoms with Crippen LogP contribution in [0.1, 0.15) is 25.1 Å². The van der Waals surface area contributed by atoms with E-state index in [9.17, 15) is 9.90 Å². The molecule has 1 atom stereocenters. The zero-order chi connectivity index (χ0) is 13.9. The van der Waals surface area contributed by atoms with Gasteiger partial charge in [0.2, 0.25) is 5.91 Å². The van der Waals surface area contributed by atoms with Gasteiger partial charge in [0.1, 0.15) is 5.82 Å². The molecule has 0 saturated carbocycles. The number of carbonyl (C=O) groups excluding carboxylic acids is 1. The molecule has 6 heteroatoms. The number of piperidine rings is 1. The van der Waals surface area contributed by atoms with Gasteiger partial charge in [0.25, 0.3) is 0 Å². The molecule has 1 unspecified atom stereocenters. The zero-order valence-corrected chi connectivity index (χ0v) is 11.6. The molecule has 0 spiro atoms. The number of carbonyl (C=O) groups is 1. The predicted molar refractivity (Wildman–Crippen MR) is 71.4 cm³/mol. The second-order valence-corrected chi connectivity index (χ2v) is 5.34. The van der Waals surface area contributed by atoms with Crippen LogP contribution in [0.2, 0.25) is 0 Å².